The molecular formula is C15H16O11. The minimum atomic E-state index is -3.66. The third kappa shape index (κ3) is 4.15. The lowest BCUT2D eigenvalue weighted by molar-refractivity contribution is -0.194. The Morgan fingerprint density at radius 3 is 2.04 bits per heavy atom. The zero-order valence-electron chi connectivity index (χ0n) is 12.9. The van der Waals surface area contributed by atoms with Crippen LogP contribution >= 0.6 is 0 Å². The molecule has 0 aliphatic carbocycles. The fourth-order valence-corrected chi connectivity index (χ4v) is 1.89. The number of phenolic OH excluding ortho intramolecular Hbond substituents is 2. The van der Waals surface area contributed by atoms with Crippen LogP contribution in [0.2, 0.25) is 0 Å². The molecule has 0 radical (unpaired) electrons. The number of carboxylic acid groups (broad SMARTS) is 2. The van der Waals surface area contributed by atoms with Crippen LogP contribution in [0.5, 0.6) is 11.5 Å². The van der Waals surface area contributed by atoms with Crippen LogP contribution < -0.4 is 0 Å². The first-order valence-electron chi connectivity index (χ1n) is 6.90. The second-order valence-electron chi connectivity index (χ2n) is 5.24. The zero-order chi connectivity index (χ0) is 20.2. The number of benzene rings is 1. The molecule has 0 aliphatic rings. The highest BCUT2D eigenvalue weighted by atomic mass is 16.4. The molecule has 1 aromatic rings. The van der Waals surface area contributed by atoms with Gasteiger partial charge in [-0.2, -0.15) is 0 Å². The Morgan fingerprint density at radius 1 is 1.00 bits per heavy atom. The summed E-state index contributed by atoms with van der Waals surface area (Å²) in [5.41, 5.74) is -3.56. The number of rotatable bonds is 8. The van der Waals surface area contributed by atoms with Gasteiger partial charge in [0.15, 0.2) is 17.6 Å². The van der Waals surface area contributed by atoms with Crippen LogP contribution in [0.1, 0.15) is 5.56 Å². The van der Waals surface area contributed by atoms with Gasteiger partial charge in [-0.3, -0.25) is 4.79 Å². The smallest absolute Gasteiger partial charge is 0.346 e. The van der Waals surface area contributed by atoms with Crippen molar-refractivity contribution in [2.24, 2.45) is 0 Å². The molecule has 0 fully saturated rings. The van der Waals surface area contributed by atoms with Gasteiger partial charge < -0.3 is 40.9 Å². The van der Waals surface area contributed by atoms with Gasteiger partial charge in [0.1, 0.15) is 12.2 Å². The highest BCUT2D eigenvalue weighted by Gasteiger charge is 2.54. The molecule has 11 nitrogen and oxygen atoms in total. The summed E-state index contributed by atoms with van der Waals surface area (Å²) in [5, 5.41) is 74.5. The van der Waals surface area contributed by atoms with Gasteiger partial charge in [-0.1, -0.05) is 12.1 Å². The van der Waals surface area contributed by atoms with Gasteiger partial charge >= 0.3 is 11.9 Å². The summed E-state index contributed by atoms with van der Waals surface area (Å²) < 4.78 is 0. The van der Waals surface area contributed by atoms with Crippen molar-refractivity contribution < 1.29 is 55.2 Å². The van der Waals surface area contributed by atoms with Crippen molar-refractivity contribution in [2.75, 3.05) is 0 Å². The number of ketones is 1. The highest BCUT2D eigenvalue weighted by molar-refractivity contribution is 6.13. The summed E-state index contributed by atoms with van der Waals surface area (Å²) in [6.45, 7) is 0. The first-order chi connectivity index (χ1) is 11.9. The van der Waals surface area contributed by atoms with Crippen LogP contribution in [0.15, 0.2) is 24.3 Å². The number of carbonyl (C=O) groups excluding carboxylic acids is 1. The second kappa shape index (κ2) is 7.93. The van der Waals surface area contributed by atoms with Crippen molar-refractivity contribution in [1.29, 1.82) is 0 Å². The Kier molecular flexibility index (Phi) is 6.42. The molecule has 0 spiro atoms. The normalized spacial score (nSPS) is 17.2. The van der Waals surface area contributed by atoms with E-state index in [0.717, 1.165) is 18.2 Å². The number of aliphatic carboxylic acids is 2. The number of carbonyl (C=O) groups is 3. The topological polar surface area (TPSA) is 213 Å². The van der Waals surface area contributed by atoms with Crippen LogP contribution in [0, 0.1) is 0 Å². The minimum Gasteiger partial charge on any atom is -0.504 e. The fourth-order valence-electron chi connectivity index (χ4n) is 1.89. The van der Waals surface area contributed by atoms with Crippen molar-refractivity contribution in [3.05, 3.63) is 29.8 Å². The summed E-state index contributed by atoms with van der Waals surface area (Å²) in [6.07, 6.45) is -6.83. The molecule has 0 aromatic heterocycles. The molecular weight excluding hydrogens is 356 g/mol. The molecule has 0 amide bonds. The lowest BCUT2D eigenvalue weighted by Crippen LogP contribution is -2.62. The quantitative estimate of drug-likeness (QED) is 0.137. The van der Waals surface area contributed by atoms with Gasteiger partial charge in [0, 0.05) is 0 Å². The van der Waals surface area contributed by atoms with E-state index < -0.39 is 53.1 Å². The number of hydrogen-bond donors (Lipinski definition) is 8. The molecule has 0 saturated carbocycles. The van der Waals surface area contributed by atoms with E-state index in [1.54, 1.807) is 0 Å². The molecule has 8 N–H and O–H groups in total. The molecule has 1 rings (SSSR count). The lowest BCUT2D eigenvalue weighted by Gasteiger charge is -2.30. The van der Waals surface area contributed by atoms with E-state index in [0.29, 0.717) is 6.08 Å². The Hall–Kier alpha value is -2.99. The van der Waals surface area contributed by atoms with E-state index in [1.807, 2.05) is 0 Å². The third-order valence-corrected chi connectivity index (χ3v) is 3.46. The van der Waals surface area contributed by atoms with Gasteiger partial charge in [-0.05, 0) is 23.8 Å². The van der Waals surface area contributed by atoms with Crippen molar-refractivity contribution in [1.82, 2.24) is 0 Å². The predicted octanol–water partition coefficient (Wildman–Crippen LogP) is -2.34. The molecule has 26 heavy (non-hydrogen) atoms. The molecule has 0 aliphatic heterocycles. The van der Waals surface area contributed by atoms with Crippen LogP contribution in [-0.2, 0) is 14.4 Å². The van der Waals surface area contributed by atoms with E-state index in [-0.39, 0.29) is 5.56 Å². The average Bonchev–Trinajstić information content (AvgIpc) is 2.59. The lowest BCUT2D eigenvalue weighted by atomic mass is 9.86. The van der Waals surface area contributed by atoms with Crippen molar-refractivity contribution in [3.8, 4) is 11.5 Å². The molecule has 11 heteroatoms. The molecule has 0 bridgehead atoms. The maximum absolute atomic E-state index is 12.0. The molecule has 0 heterocycles. The third-order valence-electron chi connectivity index (χ3n) is 3.46. The number of hydrogen-bond acceptors (Lipinski definition) is 9. The van der Waals surface area contributed by atoms with E-state index in [1.165, 1.54) is 6.07 Å². The van der Waals surface area contributed by atoms with Gasteiger partial charge in [-0.15, -0.1) is 0 Å². The fraction of sp³-hybridized carbons (Fsp3) is 0.267. The second-order valence-corrected chi connectivity index (χ2v) is 5.24. The first-order valence-corrected chi connectivity index (χ1v) is 6.90. The van der Waals surface area contributed by atoms with Crippen molar-refractivity contribution in [3.63, 3.8) is 0 Å². The average molecular weight is 372 g/mol. The van der Waals surface area contributed by atoms with E-state index in [2.05, 4.69) is 0 Å². The number of phenols is 2. The molecule has 1 aromatic carbocycles. The first kappa shape index (κ1) is 21.1. The van der Waals surface area contributed by atoms with Crippen LogP contribution in [0.25, 0.3) is 6.08 Å². The largest absolute Gasteiger partial charge is 0.504 e. The number of aliphatic hydroxyl groups excluding tert-OH is 3. The van der Waals surface area contributed by atoms with Crippen LogP contribution in [0.4, 0.5) is 0 Å². The number of carboxylic acids is 2. The molecule has 142 valence electrons. The Morgan fingerprint density at radius 2 is 1.58 bits per heavy atom. The highest BCUT2D eigenvalue weighted by Crippen LogP contribution is 2.26. The van der Waals surface area contributed by atoms with Gasteiger partial charge in [0.05, 0.1) is 0 Å². The maximum atomic E-state index is 12.0. The van der Waals surface area contributed by atoms with Crippen LogP contribution in [-0.4, -0.2) is 82.5 Å². The summed E-state index contributed by atoms with van der Waals surface area (Å²) >= 11 is 0. The summed E-state index contributed by atoms with van der Waals surface area (Å²) in [6, 6.07) is 3.28. The summed E-state index contributed by atoms with van der Waals surface area (Å²) in [5.74, 6) is -6.98. The van der Waals surface area contributed by atoms with Gasteiger partial charge in [0.2, 0.25) is 5.78 Å². The summed E-state index contributed by atoms with van der Waals surface area (Å²) in [4.78, 5) is 33.9. The monoisotopic (exact) mass is 372 g/mol. The van der Waals surface area contributed by atoms with Crippen molar-refractivity contribution in [2.45, 2.75) is 23.9 Å². The Labute approximate surface area is 145 Å². The van der Waals surface area contributed by atoms with Gasteiger partial charge in [0.25, 0.3) is 5.60 Å². The number of aliphatic hydroxyl groups is 4. The van der Waals surface area contributed by atoms with Crippen molar-refractivity contribution >= 4 is 23.8 Å². The minimum absolute atomic E-state index is 0.0991. The zero-order valence-corrected chi connectivity index (χ0v) is 12.9. The van der Waals surface area contributed by atoms with E-state index >= 15 is 0 Å². The summed E-state index contributed by atoms with van der Waals surface area (Å²) in [7, 11) is 0. The molecule has 4 atom stereocenters. The predicted molar refractivity (Wildman–Crippen MR) is 82.1 cm³/mol. The van der Waals surface area contributed by atoms with E-state index in [4.69, 9.17) is 20.4 Å². The molecule has 0 unspecified atom stereocenters. The van der Waals surface area contributed by atoms with Gasteiger partial charge in [-0.25, -0.2) is 9.59 Å². The standard InChI is InChI=1S/C15H16O11/c16-7-3-1-6(5-8(7)17)2-4-9(18)15(26,14(24)25)12(21)10(19)11(20)13(22)23/h1-5,10-12,16-17,19-21,26H,(H,22,23)(H,24,25)/t10-,11-,12-,15+/m0/s1. The Balaban J connectivity index is 3.15. The maximum Gasteiger partial charge on any atom is 0.346 e. The number of aromatic hydroxyl groups is 2. The molecule has 0 saturated heterocycles. The van der Waals surface area contributed by atoms with E-state index in [9.17, 15) is 34.8 Å². The van der Waals surface area contributed by atoms with Crippen LogP contribution in [0.3, 0.4) is 0 Å². The SMILES string of the molecule is O=C(O)[C@@H](O)[C@H](O)[C@H](O)[C@@](O)(C(=O)O)C(=O)C=Cc1ccc(O)c(O)c1. The Bertz CT molecular complexity index is 741.